The molecule has 10 heteroatoms. The maximum atomic E-state index is 12.7. The number of allylic oxidation sites excluding steroid dienone is 4. The topological polar surface area (TPSA) is 131 Å². The van der Waals surface area contributed by atoms with Gasteiger partial charge in [-0.05, 0) is 76.3 Å². The molecule has 0 aliphatic rings. The minimum absolute atomic E-state index is 0.0599. The van der Waals surface area contributed by atoms with Crippen molar-refractivity contribution in [3.05, 3.63) is 58.7 Å². The number of carbonyl (C=O) groups excluding carboxylic acids is 3. The first kappa shape index (κ1) is 50.3. The van der Waals surface area contributed by atoms with Crippen LogP contribution in [0.3, 0.4) is 0 Å². The van der Waals surface area contributed by atoms with Crippen LogP contribution in [-0.4, -0.2) is 42.3 Å². The van der Waals surface area contributed by atoms with Gasteiger partial charge < -0.3 is 18.9 Å². The summed E-state index contributed by atoms with van der Waals surface area (Å²) in [5.74, 6) is -0.785. The quantitative estimate of drug-likeness (QED) is 0.0123. The van der Waals surface area contributed by atoms with Crippen LogP contribution in [0.15, 0.2) is 48.6 Å². The van der Waals surface area contributed by atoms with Crippen molar-refractivity contribution in [2.24, 2.45) is 0 Å². The Labute approximate surface area is 338 Å². The molecule has 0 fully saturated rings. The zero-order chi connectivity index (χ0) is 40.7. The normalized spacial score (nSPS) is 11.9. The average molecular weight is 786 g/mol. The number of rotatable bonds is 37. The van der Waals surface area contributed by atoms with Gasteiger partial charge in [0.2, 0.25) is 0 Å². The van der Waals surface area contributed by atoms with Gasteiger partial charge in [0.05, 0.1) is 4.92 Å². The largest absolute Gasteiger partial charge is 0.513 e. The number of nitrogens with zero attached hydrogens (tertiary/aromatic N) is 1. The molecule has 0 saturated heterocycles. The highest BCUT2D eigenvalue weighted by Gasteiger charge is 2.20. The van der Waals surface area contributed by atoms with Gasteiger partial charge in [0.1, 0.15) is 19.0 Å². The summed E-state index contributed by atoms with van der Waals surface area (Å²) in [4.78, 5) is 47.8. The summed E-state index contributed by atoms with van der Waals surface area (Å²) >= 11 is 0. The molecule has 0 aliphatic heterocycles. The lowest BCUT2D eigenvalue weighted by molar-refractivity contribution is -0.384. The van der Waals surface area contributed by atoms with E-state index in [0.717, 1.165) is 70.6 Å². The highest BCUT2D eigenvalue weighted by atomic mass is 16.7. The Hall–Kier alpha value is -3.69. The SMILES string of the molecule is CCCCCCCC/C=C\CCCCCCCC(=O)OCC(COC(=O)Oc1ccc([N+](=O)[O-])cc1)OC(=O)CCCCCCC/C=C\CCCCCCCC. The van der Waals surface area contributed by atoms with Crippen LogP contribution in [0.2, 0.25) is 0 Å². The summed E-state index contributed by atoms with van der Waals surface area (Å²) in [6, 6.07) is 4.97. The minimum Gasteiger partial charge on any atom is -0.462 e. The van der Waals surface area contributed by atoms with E-state index >= 15 is 0 Å². The molecule has 0 N–H and O–H groups in total. The molecule has 56 heavy (non-hydrogen) atoms. The predicted molar refractivity (Wildman–Crippen MR) is 225 cm³/mol. The van der Waals surface area contributed by atoms with Gasteiger partial charge in [-0.15, -0.1) is 0 Å². The van der Waals surface area contributed by atoms with Gasteiger partial charge in [-0.2, -0.15) is 0 Å². The van der Waals surface area contributed by atoms with E-state index in [0.29, 0.717) is 12.8 Å². The molecule has 1 atom stereocenters. The summed E-state index contributed by atoms with van der Waals surface area (Å²) in [6.45, 7) is 3.87. The standard InChI is InChI=1S/C46H75NO9/c1-3-5-7-9-11-13-15-17-19-21-23-25-27-29-31-33-44(48)53-39-43(40-54-46(50)56-42-37-35-41(36-38-42)47(51)52)55-45(49)34-32-30-28-26-24-22-20-18-16-14-12-10-8-6-4-2/h17-20,35-38,43H,3-16,21-34,39-40H2,1-2H3/b19-17-,20-18-. The van der Waals surface area contributed by atoms with Gasteiger partial charge >= 0.3 is 18.1 Å². The number of nitro benzene ring substituents is 1. The number of hydrogen-bond donors (Lipinski definition) is 0. The maximum Gasteiger partial charge on any atom is 0.513 e. The molecule has 0 spiro atoms. The van der Waals surface area contributed by atoms with Crippen LogP contribution in [-0.2, 0) is 23.8 Å². The van der Waals surface area contributed by atoms with Crippen LogP contribution in [0.25, 0.3) is 0 Å². The molecule has 0 bridgehead atoms. The third kappa shape index (κ3) is 31.5. The van der Waals surface area contributed by atoms with Gasteiger partial charge in [0.15, 0.2) is 6.10 Å². The number of nitro groups is 1. The van der Waals surface area contributed by atoms with Crippen molar-refractivity contribution in [2.75, 3.05) is 13.2 Å². The summed E-state index contributed by atoms with van der Waals surface area (Å²) in [5.41, 5.74) is -0.146. The fourth-order valence-electron chi connectivity index (χ4n) is 6.22. The number of esters is 2. The third-order valence-electron chi connectivity index (χ3n) is 9.65. The van der Waals surface area contributed by atoms with E-state index in [1.807, 2.05) is 0 Å². The van der Waals surface area contributed by atoms with Crippen LogP contribution in [0.4, 0.5) is 10.5 Å². The molecule has 0 radical (unpaired) electrons. The average Bonchev–Trinajstić information content (AvgIpc) is 3.19. The Bertz CT molecular complexity index is 1200. The summed E-state index contributed by atoms with van der Waals surface area (Å²) in [6.07, 6.45) is 37.8. The summed E-state index contributed by atoms with van der Waals surface area (Å²) < 4.78 is 21.2. The van der Waals surface area contributed by atoms with Gasteiger partial charge in [-0.1, -0.05) is 141 Å². The van der Waals surface area contributed by atoms with Crippen molar-refractivity contribution in [2.45, 2.75) is 200 Å². The number of hydrogen-bond acceptors (Lipinski definition) is 9. The number of ether oxygens (including phenoxy) is 4. The fourth-order valence-corrected chi connectivity index (χ4v) is 6.22. The van der Waals surface area contributed by atoms with E-state index in [4.69, 9.17) is 18.9 Å². The van der Waals surface area contributed by atoms with Crippen LogP contribution in [0.1, 0.15) is 194 Å². The molecule has 0 aromatic heterocycles. The Kier molecular flexibility index (Phi) is 33.2. The second-order valence-electron chi connectivity index (χ2n) is 14.9. The molecule has 318 valence electrons. The first-order chi connectivity index (χ1) is 27.3. The number of carbonyl (C=O) groups is 3. The second-order valence-corrected chi connectivity index (χ2v) is 14.9. The van der Waals surface area contributed by atoms with Gasteiger partial charge in [-0.3, -0.25) is 19.7 Å². The summed E-state index contributed by atoms with van der Waals surface area (Å²) in [5, 5.41) is 10.9. The van der Waals surface area contributed by atoms with Gasteiger partial charge in [-0.25, -0.2) is 4.79 Å². The lowest BCUT2D eigenvalue weighted by Crippen LogP contribution is -2.31. The molecule has 0 aliphatic carbocycles. The summed E-state index contributed by atoms with van der Waals surface area (Å²) in [7, 11) is 0. The lowest BCUT2D eigenvalue weighted by Gasteiger charge is -2.18. The Morgan fingerprint density at radius 2 is 0.946 bits per heavy atom. The molecule has 1 unspecified atom stereocenters. The number of non-ortho nitro benzene ring substituents is 1. The smallest absolute Gasteiger partial charge is 0.462 e. The van der Waals surface area contributed by atoms with Gasteiger partial charge in [0, 0.05) is 25.0 Å². The first-order valence-electron chi connectivity index (χ1n) is 22.1. The van der Waals surface area contributed by atoms with E-state index in [9.17, 15) is 24.5 Å². The molecule has 0 amide bonds. The van der Waals surface area contributed by atoms with Crippen molar-refractivity contribution in [3.63, 3.8) is 0 Å². The highest BCUT2D eigenvalue weighted by Crippen LogP contribution is 2.18. The molecule has 0 heterocycles. The Balaban J connectivity index is 2.34. The van der Waals surface area contributed by atoms with E-state index in [2.05, 4.69) is 38.2 Å². The van der Waals surface area contributed by atoms with Crippen molar-refractivity contribution < 1.29 is 38.3 Å². The van der Waals surface area contributed by atoms with E-state index < -0.39 is 29.1 Å². The molecule has 1 aromatic rings. The second kappa shape index (κ2) is 36.9. The Morgan fingerprint density at radius 1 is 0.554 bits per heavy atom. The molecular formula is C46H75NO9. The highest BCUT2D eigenvalue weighted by molar-refractivity contribution is 5.70. The zero-order valence-corrected chi connectivity index (χ0v) is 35.0. The van der Waals surface area contributed by atoms with Crippen molar-refractivity contribution in [3.8, 4) is 5.75 Å². The van der Waals surface area contributed by atoms with Crippen molar-refractivity contribution >= 4 is 23.8 Å². The predicted octanol–water partition coefficient (Wildman–Crippen LogP) is 13.6. The fraction of sp³-hybridized carbons (Fsp3) is 0.717. The Morgan fingerprint density at radius 3 is 1.39 bits per heavy atom. The van der Waals surface area contributed by atoms with E-state index in [1.54, 1.807) is 0 Å². The van der Waals surface area contributed by atoms with Crippen LogP contribution < -0.4 is 4.74 Å². The minimum atomic E-state index is -1.07. The molecule has 10 nitrogen and oxygen atoms in total. The van der Waals surface area contributed by atoms with E-state index in [1.165, 1.54) is 108 Å². The molecule has 1 rings (SSSR count). The number of unbranched alkanes of at least 4 members (excludes halogenated alkanes) is 22. The molecule has 0 saturated carbocycles. The van der Waals surface area contributed by atoms with E-state index in [-0.39, 0.29) is 37.5 Å². The number of benzene rings is 1. The third-order valence-corrected chi connectivity index (χ3v) is 9.65. The van der Waals surface area contributed by atoms with Crippen LogP contribution in [0, 0.1) is 10.1 Å². The molecule has 1 aromatic carbocycles. The zero-order valence-electron chi connectivity index (χ0n) is 35.0. The van der Waals surface area contributed by atoms with Crippen molar-refractivity contribution in [1.82, 2.24) is 0 Å². The monoisotopic (exact) mass is 786 g/mol. The van der Waals surface area contributed by atoms with Crippen LogP contribution >= 0.6 is 0 Å². The van der Waals surface area contributed by atoms with Crippen molar-refractivity contribution in [1.29, 1.82) is 0 Å². The first-order valence-corrected chi connectivity index (χ1v) is 22.1. The lowest BCUT2D eigenvalue weighted by atomic mass is 10.1. The maximum absolute atomic E-state index is 12.7. The molecular weight excluding hydrogens is 711 g/mol. The van der Waals surface area contributed by atoms with Gasteiger partial charge in [0.25, 0.3) is 5.69 Å². The van der Waals surface area contributed by atoms with Crippen LogP contribution in [0.5, 0.6) is 5.75 Å².